The average Bonchev–Trinajstić information content (AvgIpc) is 3.10. The Morgan fingerprint density at radius 2 is 1.90 bits per heavy atom. The van der Waals surface area contributed by atoms with Gasteiger partial charge in [0.15, 0.2) is 0 Å². The smallest absolute Gasteiger partial charge is 0.0880 e. The summed E-state index contributed by atoms with van der Waals surface area (Å²) < 4.78 is 2.11. The molecule has 0 radical (unpaired) electrons. The van der Waals surface area contributed by atoms with E-state index in [4.69, 9.17) is 0 Å². The van der Waals surface area contributed by atoms with Gasteiger partial charge in [-0.2, -0.15) is 11.8 Å². The lowest BCUT2D eigenvalue weighted by Crippen LogP contribution is -2.42. The second-order valence-electron chi connectivity index (χ2n) is 7.12. The molecule has 0 unspecified atom stereocenters. The van der Waals surface area contributed by atoms with Gasteiger partial charge in [-0.05, 0) is 25.0 Å². The molecule has 2 saturated heterocycles. The van der Waals surface area contributed by atoms with Gasteiger partial charge >= 0.3 is 0 Å². The first-order valence-corrected chi connectivity index (χ1v) is 8.93. The Morgan fingerprint density at radius 3 is 2.45 bits per heavy atom. The number of nitrogens with zero attached hydrogens (tertiary/aromatic N) is 4. The number of rotatable bonds is 2. The number of aromatic nitrogens is 3. The third-order valence-corrected chi connectivity index (χ3v) is 5.72. The molecule has 20 heavy (non-hydrogen) atoms. The van der Waals surface area contributed by atoms with Crippen LogP contribution in [0.15, 0.2) is 6.20 Å². The summed E-state index contributed by atoms with van der Waals surface area (Å²) in [4.78, 5) is 2.69. The predicted octanol–water partition coefficient (Wildman–Crippen LogP) is 2.72. The van der Waals surface area contributed by atoms with Crippen molar-refractivity contribution in [3.05, 3.63) is 11.9 Å². The van der Waals surface area contributed by atoms with E-state index in [1.165, 1.54) is 43.9 Å². The molecule has 4 nitrogen and oxygen atoms in total. The fourth-order valence-corrected chi connectivity index (χ4v) is 4.38. The molecule has 2 aliphatic heterocycles. The maximum atomic E-state index is 4.37. The second-order valence-corrected chi connectivity index (χ2v) is 8.27. The molecule has 1 aromatic rings. The average molecular weight is 294 g/mol. The third kappa shape index (κ3) is 3.03. The fraction of sp³-hybridized carbons (Fsp3) is 0.867. The largest absolute Gasteiger partial charge is 0.299 e. The third-order valence-electron chi connectivity index (χ3n) is 4.57. The molecule has 3 heterocycles. The Bertz CT molecular complexity index is 437. The van der Waals surface area contributed by atoms with Crippen molar-refractivity contribution in [1.82, 2.24) is 19.9 Å². The van der Waals surface area contributed by atoms with Gasteiger partial charge in [-0.3, -0.25) is 4.90 Å². The highest BCUT2D eigenvalue weighted by atomic mass is 32.2. The SMILES string of the molecule is CC(C)(C)c1cn(C2CCN([C@H]3CCSC3)CC2)nn1. The van der Waals surface area contributed by atoms with Crippen molar-refractivity contribution in [3.8, 4) is 0 Å². The zero-order chi connectivity index (χ0) is 14.2. The summed E-state index contributed by atoms with van der Waals surface area (Å²) in [5.74, 6) is 2.69. The van der Waals surface area contributed by atoms with Gasteiger partial charge in [0.2, 0.25) is 0 Å². The lowest BCUT2D eigenvalue weighted by molar-refractivity contribution is 0.141. The Balaban J connectivity index is 1.59. The Hall–Kier alpha value is -0.550. The van der Waals surface area contributed by atoms with Crippen LogP contribution in [0.2, 0.25) is 0 Å². The van der Waals surface area contributed by atoms with Gasteiger partial charge in [0.05, 0.1) is 11.7 Å². The molecule has 0 aliphatic carbocycles. The summed E-state index contributed by atoms with van der Waals surface area (Å²) >= 11 is 2.11. The number of piperidine rings is 1. The first-order chi connectivity index (χ1) is 9.54. The van der Waals surface area contributed by atoms with Gasteiger partial charge in [0, 0.05) is 36.5 Å². The van der Waals surface area contributed by atoms with E-state index in [1.54, 1.807) is 0 Å². The maximum absolute atomic E-state index is 4.37. The molecule has 112 valence electrons. The van der Waals surface area contributed by atoms with E-state index in [9.17, 15) is 0 Å². The number of thioether (sulfide) groups is 1. The molecule has 1 aromatic heterocycles. The van der Waals surface area contributed by atoms with Crippen molar-refractivity contribution in [3.63, 3.8) is 0 Å². The summed E-state index contributed by atoms with van der Waals surface area (Å²) in [6.07, 6.45) is 5.97. The van der Waals surface area contributed by atoms with Crippen molar-refractivity contribution in [1.29, 1.82) is 0 Å². The highest BCUT2D eigenvalue weighted by molar-refractivity contribution is 7.99. The first-order valence-electron chi connectivity index (χ1n) is 7.78. The van der Waals surface area contributed by atoms with Gasteiger partial charge in [0.1, 0.15) is 0 Å². The summed E-state index contributed by atoms with van der Waals surface area (Å²) in [6, 6.07) is 1.38. The van der Waals surface area contributed by atoms with Crippen LogP contribution in [0.4, 0.5) is 0 Å². The van der Waals surface area contributed by atoms with Crippen LogP contribution in [0.1, 0.15) is 51.8 Å². The van der Waals surface area contributed by atoms with E-state index in [2.05, 4.69) is 58.6 Å². The van der Waals surface area contributed by atoms with Gasteiger partial charge in [-0.1, -0.05) is 26.0 Å². The molecular formula is C15H26N4S. The van der Waals surface area contributed by atoms with Crippen LogP contribution in [0, 0.1) is 0 Å². The fourth-order valence-electron chi connectivity index (χ4n) is 3.12. The van der Waals surface area contributed by atoms with E-state index in [0.717, 1.165) is 11.7 Å². The minimum atomic E-state index is 0.0972. The summed E-state index contributed by atoms with van der Waals surface area (Å²) in [7, 11) is 0. The Morgan fingerprint density at radius 1 is 1.15 bits per heavy atom. The highest BCUT2D eigenvalue weighted by Gasteiger charge is 2.29. The normalized spacial score (nSPS) is 26.2. The van der Waals surface area contributed by atoms with Gasteiger partial charge in [-0.15, -0.1) is 5.10 Å². The van der Waals surface area contributed by atoms with Crippen LogP contribution < -0.4 is 0 Å². The minimum Gasteiger partial charge on any atom is -0.299 e. The van der Waals surface area contributed by atoms with Crippen molar-refractivity contribution >= 4 is 11.8 Å². The molecule has 3 rings (SSSR count). The van der Waals surface area contributed by atoms with Gasteiger partial charge in [-0.25, -0.2) is 4.68 Å². The first kappa shape index (κ1) is 14.4. The minimum absolute atomic E-state index is 0.0972. The lowest BCUT2D eigenvalue weighted by atomic mass is 9.93. The Kier molecular flexibility index (Phi) is 4.09. The number of likely N-dealkylation sites (tertiary alicyclic amines) is 1. The van der Waals surface area contributed by atoms with Crippen LogP contribution in [0.3, 0.4) is 0 Å². The molecule has 2 fully saturated rings. The molecule has 0 amide bonds. The molecule has 2 aliphatic rings. The van der Waals surface area contributed by atoms with Crippen molar-refractivity contribution < 1.29 is 0 Å². The molecule has 0 aromatic carbocycles. The monoisotopic (exact) mass is 294 g/mol. The van der Waals surface area contributed by atoms with Crippen molar-refractivity contribution in [2.75, 3.05) is 24.6 Å². The van der Waals surface area contributed by atoms with Crippen molar-refractivity contribution in [2.24, 2.45) is 0 Å². The quantitative estimate of drug-likeness (QED) is 0.840. The van der Waals surface area contributed by atoms with Crippen LogP contribution >= 0.6 is 11.8 Å². The summed E-state index contributed by atoms with van der Waals surface area (Å²) in [5, 5.41) is 8.73. The standard InChI is InChI=1S/C15H26N4S/c1-15(2,3)14-10-19(17-16-14)12-4-7-18(8-5-12)13-6-9-20-11-13/h10,12-13H,4-9,11H2,1-3H3/t13-/m0/s1. The second kappa shape index (κ2) is 5.68. The Labute approximate surface area is 126 Å². The lowest BCUT2D eigenvalue weighted by Gasteiger charge is -2.35. The van der Waals surface area contributed by atoms with E-state index >= 15 is 0 Å². The zero-order valence-electron chi connectivity index (χ0n) is 12.9. The highest BCUT2D eigenvalue weighted by Crippen LogP contribution is 2.29. The molecule has 5 heteroatoms. The maximum Gasteiger partial charge on any atom is 0.0880 e. The van der Waals surface area contributed by atoms with Crippen LogP contribution in [0.5, 0.6) is 0 Å². The summed E-state index contributed by atoms with van der Waals surface area (Å²) in [5.41, 5.74) is 1.20. The predicted molar refractivity (Wildman–Crippen MR) is 84.3 cm³/mol. The number of hydrogen-bond acceptors (Lipinski definition) is 4. The topological polar surface area (TPSA) is 34.0 Å². The molecule has 0 bridgehead atoms. The van der Waals surface area contributed by atoms with Gasteiger partial charge < -0.3 is 0 Å². The molecule has 0 spiro atoms. The molecule has 0 saturated carbocycles. The molecule has 1 atom stereocenters. The van der Waals surface area contributed by atoms with E-state index in [-0.39, 0.29) is 5.41 Å². The molecule has 0 N–H and O–H groups in total. The van der Waals surface area contributed by atoms with E-state index in [0.29, 0.717) is 6.04 Å². The van der Waals surface area contributed by atoms with Gasteiger partial charge in [0.25, 0.3) is 0 Å². The molecular weight excluding hydrogens is 268 g/mol. The van der Waals surface area contributed by atoms with Crippen molar-refractivity contribution in [2.45, 2.75) is 57.5 Å². The zero-order valence-corrected chi connectivity index (χ0v) is 13.7. The van der Waals surface area contributed by atoms with E-state index < -0.39 is 0 Å². The van der Waals surface area contributed by atoms with E-state index in [1.807, 2.05) is 0 Å². The van der Waals surface area contributed by atoms with Crippen LogP contribution in [-0.4, -0.2) is 50.5 Å². The summed E-state index contributed by atoms with van der Waals surface area (Å²) in [6.45, 7) is 9.03. The van der Waals surface area contributed by atoms with Crippen LogP contribution in [-0.2, 0) is 5.41 Å². The number of hydrogen-bond donors (Lipinski definition) is 0. The van der Waals surface area contributed by atoms with Crippen LogP contribution in [0.25, 0.3) is 0 Å².